The number of nitrogens with zero attached hydrogens (tertiary/aromatic N) is 4. The Hall–Kier alpha value is -3.40. The number of nitrogens with two attached hydrogens (primary N) is 1. The van der Waals surface area contributed by atoms with Crippen LogP contribution in [0.3, 0.4) is 0 Å². The molecule has 17 nitrogen and oxygen atoms in total. The van der Waals surface area contributed by atoms with Crippen LogP contribution in [0.1, 0.15) is 23.8 Å². The first-order valence-electron chi connectivity index (χ1n) is 15.3. The number of imidazole rings is 1. The van der Waals surface area contributed by atoms with Gasteiger partial charge in [-0.25, -0.2) is 19.3 Å². The summed E-state index contributed by atoms with van der Waals surface area (Å²) in [5, 5.41) is 1.25. The maximum Gasteiger partial charge on any atom is 0.279 e. The van der Waals surface area contributed by atoms with E-state index in [4.69, 9.17) is 24.5 Å². The number of hydrogen-bond donors (Lipinski definition) is 1. The summed E-state index contributed by atoms with van der Waals surface area (Å²) in [7, 11) is -17.0. The molecule has 4 heterocycles. The van der Waals surface area contributed by atoms with Crippen LogP contribution >= 0.6 is 23.2 Å². The van der Waals surface area contributed by atoms with Gasteiger partial charge in [-0.2, -0.15) is 0 Å². The monoisotopic (exact) mass is 744 g/mol. The molecule has 2 aliphatic rings. The second-order valence-corrected chi connectivity index (χ2v) is 16.5. The molecule has 0 bridgehead atoms. The first-order chi connectivity index (χ1) is 23.9. The second kappa shape index (κ2) is 14.0. The molecule has 2 aliphatic heterocycles. The third kappa shape index (κ3) is 7.75. The molecule has 264 valence electrons. The van der Waals surface area contributed by atoms with Gasteiger partial charge in [0.2, 0.25) is 0 Å². The number of rotatable bonds is 13. The van der Waals surface area contributed by atoms with Crippen molar-refractivity contribution in [3.63, 3.8) is 0 Å². The van der Waals surface area contributed by atoms with Crippen molar-refractivity contribution in [1.82, 2.24) is 19.5 Å². The van der Waals surface area contributed by atoms with E-state index >= 15 is 0 Å². The average Bonchev–Trinajstić information content (AvgIpc) is 3.77. The summed E-state index contributed by atoms with van der Waals surface area (Å²) >= 11 is 0. The number of ether oxygens (including phenoxy) is 3. The molecule has 50 heavy (non-hydrogen) atoms. The van der Waals surface area contributed by atoms with Crippen molar-refractivity contribution in [2.45, 2.75) is 49.8 Å². The van der Waals surface area contributed by atoms with E-state index in [0.29, 0.717) is 34.8 Å². The molecule has 5 unspecified atom stereocenters. The topological polar surface area (TPSA) is 245 Å². The number of anilines is 1. The van der Waals surface area contributed by atoms with E-state index in [9.17, 15) is 28.4 Å². The Labute approximate surface area is 284 Å². The summed E-state index contributed by atoms with van der Waals surface area (Å²) in [6, 6.07) is 21.3. The summed E-state index contributed by atoms with van der Waals surface area (Å²) in [6.45, 7) is -0.790. The molecule has 0 saturated carbocycles. The van der Waals surface area contributed by atoms with E-state index < -0.39 is 66.8 Å². The third-order valence-electron chi connectivity index (χ3n) is 8.14. The van der Waals surface area contributed by atoms with Crippen molar-refractivity contribution in [1.29, 1.82) is 0 Å². The van der Waals surface area contributed by atoms with Crippen LogP contribution in [0.25, 0.3) is 21.9 Å². The predicted molar refractivity (Wildman–Crippen MR) is 171 cm³/mol. The highest BCUT2D eigenvalue weighted by Crippen LogP contribution is 2.63. The smallest absolute Gasteiger partial charge is 0.279 e. The predicted octanol–water partition coefficient (Wildman–Crippen LogP) is 2.94. The summed E-state index contributed by atoms with van der Waals surface area (Å²) in [6.07, 6.45) is -1.64. The minimum absolute atomic E-state index is 0.126. The Kier molecular flexibility index (Phi) is 9.78. The van der Waals surface area contributed by atoms with Gasteiger partial charge in [-0.1, -0.05) is 72.8 Å². The lowest BCUT2D eigenvalue weighted by molar-refractivity contribution is -0.246. The Balaban J connectivity index is 1.03. The zero-order chi connectivity index (χ0) is 35.1. The summed E-state index contributed by atoms with van der Waals surface area (Å²) in [5.74, 6) is 0.126. The Morgan fingerprint density at radius 3 is 2.38 bits per heavy atom. The van der Waals surface area contributed by atoms with E-state index in [1.54, 1.807) is 36.4 Å². The summed E-state index contributed by atoms with van der Waals surface area (Å²) in [5.41, 5.74) is 7.84. The number of hydrogen-bond acceptors (Lipinski definition) is 16. The molecule has 3 aromatic carbocycles. The molecule has 7 rings (SSSR count). The van der Waals surface area contributed by atoms with E-state index in [0.717, 1.165) is 5.56 Å². The molecular formula is C30H29N5O12P3-3. The molecule has 2 N–H and O–H groups in total. The standard InChI is InChI=1S/C30H32N5O12P3/c31-28-25-29(33-17-32-28)35(18-34-25)30-27-26(44-24(45-27)14-13-19-7-2-1-3-8-19)23(43-30)15-42-49(38,39)47-50(40,41)46-48(36,37)16-21-11-6-10-20-9-4-5-12-22(20)21/h1-12,17-18,23-24,26-27,30H,13-16H2,(H,36,37)(H,38,39)(H,40,41)(H2,31,32,33)/p-3/t23-,24?,26+,27?,30-/m1/s1. The van der Waals surface area contributed by atoms with Crippen LogP contribution in [-0.4, -0.2) is 50.7 Å². The van der Waals surface area contributed by atoms with Crippen molar-refractivity contribution in [2.75, 3.05) is 12.3 Å². The van der Waals surface area contributed by atoms with Crippen LogP contribution in [0.4, 0.5) is 5.82 Å². The van der Waals surface area contributed by atoms with Crippen LogP contribution in [0.15, 0.2) is 85.5 Å². The molecule has 0 amide bonds. The first-order valence-corrected chi connectivity index (χ1v) is 19.9. The van der Waals surface area contributed by atoms with Gasteiger partial charge in [0.1, 0.15) is 37.8 Å². The van der Waals surface area contributed by atoms with Gasteiger partial charge < -0.3 is 43.7 Å². The quantitative estimate of drug-likeness (QED) is 0.170. The normalized spacial score (nSPS) is 25.6. The minimum atomic E-state index is -6.01. The average molecular weight is 745 g/mol. The second-order valence-electron chi connectivity index (χ2n) is 11.6. The van der Waals surface area contributed by atoms with Crippen LogP contribution in [-0.2, 0) is 53.6 Å². The summed E-state index contributed by atoms with van der Waals surface area (Å²) < 4.78 is 71.3. The van der Waals surface area contributed by atoms with Crippen molar-refractivity contribution in [2.24, 2.45) is 0 Å². The maximum atomic E-state index is 12.7. The van der Waals surface area contributed by atoms with Gasteiger partial charge in [0.05, 0.1) is 12.9 Å². The van der Waals surface area contributed by atoms with Gasteiger partial charge in [0, 0.05) is 12.6 Å². The Morgan fingerprint density at radius 1 is 0.820 bits per heavy atom. The first kappa shape index (κ1) is 35.0. The van der Waals surface area contributed by atoms with E-state index in [1.807, 2.05) is 30.3 Å². The zero-order valence-corrected chi connectivity index (χ0v) is 28.6. The highest BCUT2D eigenvalue weighted by molar-refractivity contribution is 7.66. The van der Waals surface area contributed by atoms with Gasteiger partial charge >= 0.3 is 0 Å². The molecule has 2 aromatic heterocycles. The highest BCUT2D eigenvalue weighted by atomic mass is 31.3. The number of phosphoric ester groups is 1. The lowest BCUT2D eigenvalue weighted by Crippen LogP contribution is -2.32. The fourth-order valence-electron chi connectivity index (χ4n) is 6.03. The molecule has 2 fully saturated rings. The number of nitrogen functional groups attached to an aromatic ring is 1. The number of benzene rings is 3. The molecule has 8 atom stereocenters. The van der Waals surface area contributed by atoms with E-state index in [1.165, 1.54) is 23.3 Å². The number of phosphoric acid groups is 2. The SMILES string of the molecule is Nc1ncnc2c1ncn2[C@@H]1O[C@H](COP(=O)([O-])OP(=O)([O-])OP(=O)([O-])Cc2cccc3ccccc23)[C@@H]2OC(CCc3ccccc3)OC21. The molecule has 0 spiro atoms. The van der Waals surface area contributed by atoms with Gasteiger partial charge in [0.25, 0.3) is 15.6 Å². The highest BCUT2D eigenvalue weighted by Gasteiger charge is 2.54. The van der Waals surface area contributed by atoms with Crippen LogP contribution in [0.2, 0.25) is 0 Å². The third-order valence-corrected chi connectivity index (χ3v) is 12.7. The number of fused-ring (bicyclic) bond motifs is 3. The number of aromatic nitrogens is 4. The number of aryl methyl sites for hydroxylation is 1. The molecule has 0 aliphatic carbocycles. The molecule has 5 aromatic rings. The zero-order valence-electron chi connectivity index (χ0n) is 25.9. The minimum Gasteiger partial charge on any atom is -0.778 e. The lowest BCUT2D eigenvalue weighted by atomic mass is 10.1. The van der Waals surface area contributed by atoms with E-state index in [2.05, 4.69) is 23.6 Å². The molecule has 0 radical (unpaired) electrons. The van der Waals surface area contributed by atoms with Crippen molar-refractivity contribution in [3.05, 3.63) is 96.6 Å². The van der Waals surface area contributed by atoms with Crippen molar-refractivity contribution < 1.29 is 55.7 Å². The molecule has 20 heteroatoms. The molecule has 2 saturated heterocycles. The van der Waals surface area contributed by atoms with E-state index in [-0.39, 0.29) is 11.4 Å². The summed E-state index contributed by atoms with van der Waals surface area (Å²) in [4.78, 5) is 50.4. The van der Waals surface area contributed by atoms with Gasteiger partial charge in [-0.05, 0) is 28.3 Å². The van der Waals surface area contributed by atoms with Crippen LogP contribution < -0.4 is 20.4 Å². The Bertz CT molecular complexity index is 2150. The molecular weight excluding hydrogens is 715 g/mol. The van der Waals surface area contributed by atoms with Gasteiger partial charge in [-0.3, -0.25) is 18.0 Å². The van der Waals surface area contributed by atoms with Crippen LogP contribution in [0, 0.1) is 0 Å². The lowest BCUT2D eigenvalue weighted by Gasteiger charge is -2.35. The fraction of sp³-hybridized carbons (Fsp3) is 0.300. The maximum absolute atomic E-state index is 12.7. The van der Waals surface area contributed by atoms with Crippen LogP contribution in [0.5, 0.6) is 0 Å². The van der Waals surface area contributed by atoms with Crippen molar-refractivity contribution in [3.8, 4) is 0 Å². The fourth-order valence-corrected chi connectivity index (χ4v) is 10.1. The van der Waals surface area contributed by atoms with Gasteiger partial charge in [-0.15, -0.1) is 0 Å². The Morgan fingerprint density at radius 2 is 1.56 bits per heavy atom. The largest absolute Gasteiger partial charge is 0.778 e. The van der Waals surface area contributed by atoms with Gasteiger partial charge in [0.15, 0.2) is 24.0 Å². The van der Waals surface area contributed by atoms with Crippen molar-refractivity contribution >= 4 is 51.0 Å².